The molecule has 1 saturated heterocycles. The number of nitrogens with zero attached hydrogens (tertiary/aromatic N) is 1. The zero-order valence-corrected chi connectivity index (χ0v) is 14.4. The fourth-order valence-corrected chi connectivity index (χ4v) is 3.42. The van der Waals surface area contributed by atoms with E-state index in [1.165, 1.54) is 61.0 Å². The average molecular weight is 339 g/mol. The first-order valence-electron chi connectivity index (χ1n) is 7.87. The third-order valence-electron chi connectivity index (χ3n) is 4.10. The average Bonchev–Trinajstić information content (AvgIpc) is 2.44. The van der Waals surface area contributed by atoms with Gasteiger partial charge in [-0.1, -0.05) is 35.0 Å². The molecule has 1 aromatic rings. The van der Waals surface area contributed by atoms with Crippen molar-refractivity contribution in [2.45, 2.75) is 39.7 Å². The van der Waals surface area contributed by atoms with Gasteiger partial charge in [-0.3, -0.25) is 4.90 Å². The van der Waals surface area contributed by atoms with Crippen molar-refractivity contribution in [1.82, 2.24) is 10.2 Å². The molecule has 1 aliphatic rings. The lowest BCUT2D eigenvalue weighted by Crippen LogP contribution is -2.38. The smallest absolute Gasteiger partial charge is 0.0234 e. The fourth-order valence-electron chi connectivity index (χ4n) is 2.99. The predicted octanol–water partition coefficient (Wildman–Crippen LogP) is 3.97. The highest BCUT2D eigenvalue weighted by atomic mass is 79.9. The molecule has 0 aromatic heterocycles. The molecule has 1 fully saturated rings. The minimum absolute atomic E-state index is 0.823. The Bertz CT molecular complexity index is 413. The van der Waals surface area contributed by atoms with Gasteiger partial charge >= 0.3 is 0 Å². The molecule has 1 unspecified atom stereocenters. The number of benzene rings is 1. The zero-order chi connectivity index (χ0) is 14.4. The van der Waals surface area contributed by atoms with Crippen molar-refractivity contribution in [3.05, 3.63) is 33.8 Å². The van der Waals surface area contributed by atoms with Gasteiger partial charge in [0.15, 0.2) is 0 Å². The fraction of sp³-hybridized carbons (Fsp3) is 0.647. The van der Waals surface area contributed by atoms with Gasteiger partial charge in [0.2, 0.25) is 0 Å². The number of piperidine rings is 1. The van der Waals surface area contributed by atoms with Crippen LogP contribution >= 0.6 is 15.9 Å². The number of hydrogen-bond donors (Lipinski definition) is 1. The maximum atomic E-state index is 3.64. The van der Waals surface area contributed by atoms with Gasteiger partial charge in [-0.15, -0.1) is 0 Å². The Kier molecular flexibility index (Phi) is 6.53. The van der Waals surface area contributed by atoms with Gasteiger partial charge in [-0.2, -0.15) is 0 Å². The van der Waals surface area contributed by atoms with E-state index in [9.17, 15) is 0 Å². The summed E-state index contributed by atoms with van der Waals surface area (Å²) in [5, 5.41) is 3.53. The van der Waals surface area contributed by atoms with Gasteiger partial charge in [-0.05, 0) is 68.9 Å². The van der Waals surface area contributed by atoms with Gasteiger partial charge in [0.25, 0.3) is 0 Å². The second-order valence-corrected chi connectivity index (χ2v) is 6.89. The molecule has 1 atom stereocenters. The summed E-state index contributed by atoms with van der Waals surface area (Å²) in [4.78, 5) is 2.62. The van der Waals surface area contributed by atoms with Crippen molar-refractivity contribution < 1.29 is 0 Å². The van der Waals surface area contributed by atoms with Crippen LogP contribution in [0.25, 0.3) is 0 Å². The lowest BCUT2D eigenvalue weighted by molar-refractivity contribution is 0.201. The van der Waals surface area contributed by atoms with E-state index in [2.05, 4.69) is 58.2 Å². The topological polar surface area (TPSA) is 15.3 Å². The molecule has 2 rings (SSSR count). The van der Waals surface area contributed by atoms with Gasteiger partial charge in [0.05, 0.1) is 0 Å². The maximum absolute atomic E-state index is 3.64. The van der Waals surface area contributed by atoms with E-state index >= 15 is 0 Å². The molecule has 1 N–H and O–H groups in total. The van der Waals surface area contributed by atoms with Crippen LogP contribution in [-0.2, 0) is 6.54 Å². The summed E-state index contributed by atoms with van der Waals surface area (Å²) in [6, 6.07) is 6.75. The number of hydrogen-bond acceptors (Lipinski definition) is 2. The highest BCUT2D eigenvalue weighted by molar-refractivity contribution is 9.10. The number of nitrogens with one attached hydrogen (secondary N) is 1. The van der Waals surface area contributed by atoms with Gasteiger partial charge in [-0.25, -0.2) is 0 Å². The Balaban J connectivity index is 1.94. The molecular formula is C17H27BrN2. The molecule has 2 nitrogen and oxygen atoms in total. The largest absolute Gasteiger partial charge is 0.316 e. The maximum Gasteiger partial charge on any atom is 0.0234 e. The van der Waals surface area contributed by atoms with Crippen molar-refractivity contribution >= 4 is 15.9 Å². The van der Waals surface area contributed by atoms with Crippen molar-refractivity contribution in [2.75, 3.05) is 26.2 Å². The SMILES string of the molecule is CCCN(Cc1ccc(C)c(Br)c1)CC1CCCNC1. The lowest BCUT2D eigenvalue weighted by Gasteiger charge is -2.30. The van der Waals surface area contributed by atoms with Crippen molar-refractivity contribution in [1.29, 1.82) is 0 Å². The van der Waals surface area contributed by atoms with Gasteiger partial charge in [0, 0.05) is 17.6 Å². The van der Waals surface area contributed by atoms with Crippen LogP contribution in [0.15, 0.2) is 22.7 Å². The summed E-state index contributed by atoms with van der Waals surface area (Å²) in [6.07, 6.45) is 3.94. The van der Waals surface area contributed by atoms with Crippen LogP contribution in [0.2, 0.25) is 0 Å². The molecule has 0 bridgehead atoms. The Morgan fingerprint density at radius 1 is 1.40 bits per heavy atom. The molecule has 1 aliphatic heterocycles. The molecule has 20 heavy (non-hydrogen) atoms. The molecular weight excluding hydrogens is 312 g/mol. The summed E-state index contributed by atoms with van der Waals surface area (Å²) >= 11 is 3.64. The quantitative estimate of drug-likeness (QED) is 0.844. The monoisotopic (exact) mass is 338 g/mol. The van der Waals surface area contributed by atoms with Crippen molar-refractivity contribution in [3.63, 3.8) is 0 Å². The minimum Gasteiger partial charge on any atom is -0.316 e. The molecule has 0 radical (unpaired) electrons. The van der Waals surface area contributed by atoms with E-state index in [4.69, 9.17) is 0 Å². The third-order valence-corrected chi connectivity index (χ3v) is 4.95. The van der Waals surface area contributed by atoms with E-state index in [0.29, 0.717) is 0 Å². The van der Waals surface area contributed by atoms with Crippen LogP contribution < -0.4 is 5.32 Å². The van der Waals surface area contributed by atoms with Crippen LogP contribution in [-0.4, -0.2) is 31.1 Å². The first-order chi connectivity index (χ1) is 9.69. The summed E-state index contributed by atoms with van der Waals surface area (Å²) in [6.45, 7) is 10.3. The van der Waals surface area contributed by atoms with E-state index < -0.39 is 0 Å². The molecule has 1 heterocycles. The number of rotatable bonds is 6. The van der Waals surface area contributed by atoms with Crippen molar-refractivity contribution in [2.24, 2.45) is 5.92 Å². The van der Waals surface area contributed by atoms with Crippen LogP contribution in [0.4, 0.5) is 0 Å². The lowest BCUT2D eigenvalue weighted by atomic mass is 9.98. The Morgan fingerprint density at radius 2 is 2.25 bits per heavy atom. The molecule has 0 aliphatic carbocycles. The second-order valence-electron chi connectivity index (χ2n) is 6.03. The summed E-state index contributed by atoms with van der Waals surface area (Å²) < 4.78 is 1.23. The molecule has 0 saturated carbocycles. The molecule has 112 valence electrons. The zero-order valence-electron chi connectivity index (χ0n) is 12.8. The molecule has 0 amide bonds. The third kappa shape index (κ3) is 4.87. The van der Waals surface area contributed by atoms with E-state index in [1.807, 2.05) is 0 Å². The van der Waals surface area contributed by atoms with Crippen LogP contribution in [0.5, 0.6) is 0 Å². The summed E-state index contributed by atoms with van der Waals surface area (Å²) in [5.41, 5.74) is 2.73. The van der Waals surface area contributed by atoms with Crippen LogP contribution in [0.1, 0.15) is 37.3 Å². The molecule has 3 heteroatoms. The Hall–Kier alpha value is -0.380. The number of aryl methyl sites for hydroxylation is 1. The predicted molar refractivity (Wildman–Crippen MR) is 90.0 cm³/mol. The van der Waals surface area contributed by atoms with Crippen LogP contribution in [0.3, 0.4) is 0 Å². The Labute approximate surface area is 132 Å². The summed E-state index contributed by atoms with van der Waals surface area (Å²) in [5.74, 6) is 0.823. The van der Waals surface area contributed by atoms with E-state index in [1.54, 1.807) is 0 Å². The highest BCUT2D eigenvalue weighted by Gasteiger charge is 2.16. The van der Waals surface area contributed by atoms with E-state index in [0.717, 1.165) is 12.5 Å². The second kappa shape index (κ2) is 8.16. The standard InChI is InChI=1S/C17H27BrN2/c1-3-9-20(13-16-5-4-8-19-11-16)12-15-7-6-14(2)17(18)10-15/h6-7,10,16,19H,3-5,8-9,11-13H2,1-2H3. The number of halogens is 1. The van der Waals surface area contributed by atoms with Crippen LogP contribution in [0, 0.1) is 12.8 Å². The summed E-state index contributed by atoms with van der Waals surface area (Å²) in [7, 11) is 0. The molecule has 1 aromatic carbocycles. The van der Waals surface area contributed by atoms with E-state index in [-0.39, 0.29) is 0 Å². The van der Waals surface area contributed by atoms with Gasteiger partial charge < -0.3 is 5.32 Å². The first kappa shape index (κ1) is 16.0. The van der Waals surface area contributed by atoms with Gasteiger partial charge in [0.1, 0.15) is 0 Å². The molecule has 0 spiro atoms. The highest BCUT2D eigenvalue weighted by Crippen LogP contribution is 2.20. The van der Waals surface area contributed by atoms with Crippen molar-refractivity contribution in [3.8, 4) is 0 Å². The minimum atomic E-state index is 0.823. The Morgan fingerprint density at radius 3 is 2.90 bits per heavy atom. The first-order valence-corrected chi connectivity index (χ1v) is 8.66. The normalized spacial score (nSPS) is 19.5.